The van der Waals surface area contributed by atoms with Crippen LogP contribution < -0.4 is 14.4 Å². The van der Waals surface area contributed by atoms with Crippen molar-refractivity contribution < 1.29 is 19.1 Å². The first-order valence-electron chi connectivity index (χ1n) is 9.53. The van der Waals surface area contributed by atoms with E-state index >= 15 is 0 Å². The highest BCUT2D eigenvalue weighted by atomic mass is 79.9. The minimum absolute atomic E-state index is 0.320. The van der Waals surface area contributed by atoms with Gasteiger partial charge in [-0.2, -0.15) is 0 Å². The van der Waals surface area contributed by atoms with Gasteiger partial charge >= 0.3 is 0 Å². The van der Waals surface area contributed by atoms with Crippen molar-refractivity contribution in [1.29, 1.82) is 0 Å². The molecule has 0 N–H and O–H groups in total. The van der Waals surface area contributed by atoms with Crippen LogP contribution in [0.3, 0.4) is 0 Å². The molecule has 0 spiro atoms. The number of halogens is 2. The fraction of sp³-hybridized carbons (Fsp3) is 0.0833. The van der Waals surface area contributed by atoms with Crippen LogP contribution in [-0.4, -0.2) is 18.3 Å². The van der Waals surface area contributed by atoms with Gasteiger partial charge in [-0.3, -0.25) is 9.59 Å². The number of hydrogen-bond acceptors (Lipinski definition) is 5. The molecule has 4 rings (SSSR count). The van der Waals surface area contributed by atoms with E-state index < -0.39 is 5.91 Å². The van der Waals surface area contributed by atoms with Crippen molar-refractivity contribution in [3.63, 3.8) is 0 Å². The standard InChI is InChI=1S/C24H17BrClNO4S/c1-30-21-11-16(7-10-20(21)31-14-15-5-8-17(25)9-6-15)12-22-23(28)27(24(29)32-22)19-4-2-3-18(26)13-19/h2-13H,14H2,1H3/b22-12+. The number of anilines is 1. The third-order valence-electron chi connectivity index (χ3n) is 4.65. The van der Waals surface area contributed by atoms with Crippen molar-refractivity contribution in [2.75, 3.05) is 12.0 Å². The number of rotatable bonds is 6. The van der Waals surface area contributed by atoms with Gasteiger partial charge in [0.25, 0.3) is 11.1 Å². The van der Waals surface area contributed by atoms with E-state index in [4.69, 9.17) is 21.1 Å². The Morgan fingerprint density at radius 2 is 1.81 bits per heavy atom. The molecule has 1 fully saturated rings. The van der Waals surface area contributed by atoms with Crippen LogP contribution in [0.15, 0.2) is 76.1 Å². The molecule has 1 heterocycles. The van der Waals surface area contributed by atoms with Crippen LogP contribution >= 0.6 is 39.3 Å². The van der Waals surface area contributed by atoms with Gasteiger partial charge in [-0.25, -0.2) is 4.90 Å². The molecule has 1 aliphatic heterocycles. The summed E-state index contributed by atoms with van der Waals surface area (Å²) < 4.78 is 12.4. The molecule has 0 atom stereocenters. The molecule has 0 saturated carbocycles. The fourth-order valence-electron chi connectivity index (χ4n) is 3.09. The zero-order chi connectivity index (χ0) is 22.7. The van der Waals surface area contributed by atoms with Crippen molar-refractivity contribution in [3.8, 4) is 11.5 Å². The maximum atomic E-state index is 12.9. The largest absolute Gasteiger partial charge is 0.493 e. The van der Waals surface area contributed by atoms with E-state index in [-0.39, 0.29) is 5.24 Å². The number of carbonyl (C=O) groups excluding carboxylic acids is 2. The molecule has 162 valence electrons. The summed E-state index contributed by atoms with van der Waals surface area (Å²) in [4.78, 5) is 26.7. The maximum Gasteiger partial charge on any atom is 0.298 e. The number of methoxy groups -OCH3 is 1. The fourth-order valence-corrected chi connectivity index (χ4v) is 4.38. The minimum Gasteiger partial charge on any atom is -0.493 e. The second-order valence-electron chi connectivity index (χ2n) is 6.82. The summed E-state index contributed by atoms with van der Waals surface area (Å²) in [6, 6.07) is 19.9. The molecule has 0 unspecified atom stereocenters. The van der Waals surface area contributed by atoms with Crippen molar-refractivity contribution in [1.82, 2.24) is 0 Å². The van der Waals surface area contributed by atoms with Crippen LogP contribution in [0.4, 0.5) is 10.5 Å². The quantitative estimate of drug-likeness (QED) is 0.323. The normalized spacial score (nSPS) is 14.8. The molecule has 3 aromatic rings. The Kier molecular flexibility index (Phi) is 6.89. The molecule has 0 aliphatic carbocycles. The summed E-state index contributed by atoms with van der Waals surface area (Å²) >= 11 is 10.3. The lowest BCUT2D eigenvalue weighted by Crippen LogP contribution is -2.27. The molecule has 32 heavy (non-hydrogen) atoms. The predicted octanol–water partition coefficient (Wildman–Crippen LogP) is 6.93. The topological polar surface area (TPSA) is 55.8 Å². The van der Waals surface area contributed by atoms with E-state index in [1.807, 2.05) is 30.3 Å². The first-order chi connectivity index (χ1) is 15.4. The van der Waals surface area contributed by atoms with E-state index in [0.29, 0.717) is 33.7 Å². The Morgan fingerprint density at radius 3 is 2.53 bits per heavy atom. The van der Waals surface area contributed by atoms with Gasteiger partial charge in [0, 0.05) is 9.50 Å². The van der Waals surface area contributed by atoms with Crippen LogP contribution in [0, 0.1) is 0 Å². The Labute approximate surface area is 203 Å². The van der Waals surface area contributed by atoms with Crippen LogP contribution in [0.25, 0.3) is 6.08 Å². The molecule has 0 aromatic heterocycles. The minimum atomic E-state index is -0.392. The highest BCUT2D eigenvalue weighted by Gasteiger charge is 2.36. The smallest absolute Gasteiger partial charge is 0.298 e. The van der Waals surface area contributed by atoms with Crippen LogP contribution in [0.2, 0.25) is 5.02 Å². The van der Waals surface area contributed by atoms with E-state index in [9.17, 15) is 9.59 Å². The lowest BCUT2D eigenvalue weighted by molar-refractivity contribution is -0.113. The first-order valence-corrected chi connectivity index (χ1v) is 11.5. The summed E-state index contributed by atoms with van der Waals surface area (Å²) in [6.07, 6.45) is 1.66. The van der Waals surface area contributed by atoms with Gasteiger partial charge in [0.2, 0.25) is 0 Å². The van der Waals surface area contributed by atoms with Crippen molar-refractivity contribution in [2.45, 2.75) is 6.61 Å². The van der Waals surface area contributed by atoms with Crippen LogP contribution in [0.1, 0.15) is 11.1 Å². The van der Waals surface area contributed by atoms with Crippen molar-refractivity contribution in [3.05, 3.63) is 92.3 Å². The summed E-state index contributed by atoms with van der Waals surface area (Å²) in [7, 11) is 1.55. The zero-order valence-electron chi connectivity index (χ0n) is 16.9. The van der Waals surface area contributed by atoms with Gasteiger partial charge in [0.1, 0.15) is 6.61 Å². The molecular formula is C24H17BrClNO4S. The lowest BCUT2D eigenvalue weighted by Gasteiger charge is -2.12. The second kappa shape index (κ2) is 9.81. The lowest BCUT2D eigenvalue weighted by atomic mass is 10.1. The van der Waals surface area contributed by atoms with Crippen LogP contribution in [-0.2, 0) is 11.4 Å². The number of imide groups is 1. The van der Waals surface area contributed by atoms with Crippen LogP contribution in [0.5, 0.6) is 11.5 Å². The zero-order valence-corrected chi connectivity index (χ0v) is 20.0. The Hall–Kier alpha value is -2.74. The molecule has 3 aromatic carbocycles. The molecule has 1 aliphatic rings. The first kappa shape index (κ1) is 22.5. The molecular weight excluding hydrogens is 514 g/mol. The van der Waals surface area contributed by atoms with Gasteiger partial charge in [-0.15, -0.1) is 0 Å². The van der Waals surface area contributed by atoms with E-state index in [2.05, 4.69) is 15.9 Å². The number of ether oxygens (including phenoxy) is 2. The van der Waals surface area contributed by atoms with Crippen molar-refractivity contribution in [2.24, 2.45) is 0 Å². The summed E-state index contributed by atoms with van der Waals surface area (Å²) in [5, 5.41) is 0.0823. The highest BCUT2D eigenvalue weighted by Crippen LogP contribution is 2.37. The second-order valence-corrected chi connectivity index (χ2v) is 9.17. The van der Waals surface area contributed by atoms with Gasteiger partial charge in [-0.1, -0.05) is 51.8 Å². The number of nitrogens with zero attached hydrogens (tertiary/aromatic N) is 1. The van der Waals surface area contributed by atoms with Gasteiger partial charge in [0.15, 0.2) is 11.5 Å². The van der Waals surface area contributed by atoms with Gasteiger partial charge in [-0.05, 0) is 71.4 Å². The predicted molar refractivity (Wildman–Crippen MR) is 131 cm³/mol. The summed E-state index contributed by atoms with van der Waals surface area (Å²) in [6.45, 7) is 0.390. The molecule has 2 amide bonds. The highest BCUT2D eigenvalue weighted by molar-refractivity contribution is 9.10. The third-order valence-corrected chi connectivity index (χ3v) is 6.29. The molecule has 0 radical (unpaired) electrons. The van der Waals surface area contributed by atoms with E-state index in [0.717, 1.165) is 32.3 Å². The number of thioether (sulfide) groups is 1. The molecule has 1 saturated heterocycles. The number of carbonyl (C=O) groups is 2. The summed E-state index contributed by atoms with van der Waals surface area (Å²) in [5.41, 5.74) is 2.18. The maximum absolute atomic E-state index is 12.9. The van der Waals surface area contributed by atoms with Gasteiger partial charge in [0.05, 0.1) is 17.7 Å². The Bertz CT molecular complexity index is 1210. The number of amides is 2. The average Bonchev–Trinajstić information content (AvgIpc) is 3.06. The third kappa shape index (κ3) is 5.01. The molecule has 0 bridgehead atoms. The summed E-state index contributed by atoms with van der Waals surface area (Å²) in [5.74, 6) is 0.723. The SMILES string of the molecule is COc1cc(/C=C2/SC(=O)N(c3cccc(Cl)c3)C2=O)ccc1OCc1ccc(Br)cc1. The Morgan fingerprint density at radius 1 is 1.03 bits per heavy atom. The Balaban J connectivity index is 1.53. The van der Waals surface area contributed by atoms with Crippen molar-refractivity contribution >= 4 is 62.2 Å². The number of hydrogen-bond donors (Lipinski definition) is 0. The van der Waals surface area contributed by atoms with E-state index in [1.165, 1.54) is 0 Å². The monoisotopic (exact) mass is 529 g/mol. The number of benzene rings is 3. The molecule has 5 nitrogen and oxygen atoms in total. The average molecular weight is 531 g/mol. The van der Waals surface area contributed by atoms with E-state index in [1.54, 1.807) is 49.6 Å². The molecule has 8 heteroatoms. The van der Waals surface area contributed by atoms with Gasteiger partial charge < -0.3 is 9.47 Å².